The zero-order valence-electron chi connectivity index (χ0n) is 20.5. The summed E-state index contributed by atoms with van der Waals surface area (Å²) in [5, 5.41) is 4.56. The topological polar surface area (TPSA) is 69.6 Å². The van der Waals surface area contributed by atoms with Gasteiger partial charge in [0.15, 0.2) is 11.5 Å². The quantitative estimate of drug-likeness (QED) is 0.529. The van der Waals surface area contributed by atoms with E-state index in [1.807, 2.05) is 48.7 Å². The Morgan fingerprint density at radius 2 is 1.64 bits per heavy atom. The van der Waals surface area contributed by atoms with Crippen molar-refractivity contribution in [1.82, 2.24) is 4.57 Å². The summed E-state index contributed by atoms with van der Waals surface area (Å²) in [6.07, 6.45) is 10.2. The van der Waals surface area contributed by atoms with Gasteiger partial charge in [-0.25, -0.2) is 0 Å². The van der Waals surface area contributed by atoms with Crippen LogP contribution in [0.2, 0.25) is 0 Å². The van der Waals surface area contributed by atoms with Crippen LogP contribution in [0.25, 0.3) is 10.8 Å². The molecule has 4 aliphatic carbocycles. The first-order chi connectivity index (χ1) is 17.6. The molecule has 1 aromatic heterocycles. The third-order valence-electron chi connectivity index (χ3n) is 8.98. The number of nitrogens with zero attached hydrogens (tertiary/aromatic N) is 1. The summed E-state index contributed by atoms with van der Waals surface area (Å²) in [6, 6.07) is 13.3. The average molecular weight is 485 g/mol. The largest absolute Gasteiger partial charge is 0.486 e. The molecule has 2 heterocycles. The molecule has 1 amide bonds. The number of rotatable bonds is 5. The lowest BCUT2D eigenvalue weighted by atomic mass is 9.49. The Labute approximate surface area is 210 Å². The summed E-state index contributed by atoms with van der Waals surface area (Å²) in [4.78, 5) is 26.7. The zero-order valence-corrected chi connectivity index (χ0v) is 20.5. The first kappa shape index (κ1) is 22.0. The van der Waals surface area contributed by atoms with Gasteiger partial charge in [0, 0.05) is 34.6 Å². The number of pyridine rings is 1. The van der Waals surface area contributed by atoms with Crippen LogP contribution in [-0.2, 0) is 11.3 Å². The van der Waals surface area contributed by atoms with E-state index in [0.29, 0.717) is 37.3 Å². The second-order valence-corrected chi connectivity index (χ2v) is 11.6. The lowest BCUT2D eigenvalue weighted by Gasteiger charge is -2.56. The summed E-state index contributed by atoms with van der Waals surface area (Å²) in [7, 11) is 0. The molecular formula is C30H32N2O4. The molecule has 4 bridgehead atoms. The van der Waals surface area contributed by atoms with Crippen molar-refractivity contribution in [1.29, 1.82) is 0 Å². The van der Waals surface area contributed by atoms with Crippen LogP contribution in [0.4, 0.5) is 5.69 Å². The van der Waals surface area contributed by atoms with Crippen LogP contribution < -0.4 is 20.3 Å². The van der Waals surface area contributed by atoms with Gasteiger partial charge in [-0.1, -0.05) is 18.2 Å². The van der Waals surface area contributed by atoms with E-state index >= 15 is 0 Å². The predicted molar refractivity (Wildman–Crippen MR) is 139 cm³/mol. The molecule has 0 spiro atoms. The van der Waals surface area contributed by atoms with Crippen molar-refractivity contribution in [3.05, 3.63) is 64.6 Å². The highest BCUT2D eigenvalue weighted by atomic mass is 16.6. The Hall–Kier alpha value is -3.28. The Morgan fingerprint density at radius 3 is 2.42 bits per heavy atom. The maximum Gasteiger partial charge on any atom is 0.258 e. The van der Waals surface area contributed by atoms with Gasteiger partial charge in [-0.3, -0.25) is 9.59 Å². The summed E-state index contributed by atoms with van der Waals surface area (Å²) in [5.41, 5.74) is 1.74. The van der Waals surface area contributed by atoms with Gasteiger partial charge in [0.1, 0.15) is 13.2 Å². The molecule has 1 N–H and O–H groups in total. The molecule has 4 saturated carbocycles. The van der Waals surface area contributed by atoms with Gasteiger partial charge in [0.25, 0.3) is 5.56 Å². The smallest absolute Gasteiger partial charge is 0.258 e. The van der Waals surface area contributed by atoms with E-state index in [1.54, 1.807) is 4.57 Å². The van der Waals surface area contributed by atoms with Crippen LogP contribution >= 0.6 is 0 Å². The summed E-state index contributed by atoms with van der Waals surface area (Å²) < 4.78 is 13.2. The number of anilines is 1. The fraction of sp³-hybridized carbons (Fsp3) is 0.467. The van der Waals surface area contributed by atoms with Crippen molar-refractivity contribution in [2.45, 2.75) is 51.5 Å². The lowest BCUT2D eigenvalue weighted by molar-refractivity contribution is -0.124. The molecule has 186 valence electrons. The highest BCUT2D eigenvalue weighted by Gasteiger charge is 2.51. The number of benzene rings is 2. The first-order valence-corrected chi connectivity index (χ1v) is 13.3. The van der Waals surface area contributed by atoms with E-state index in [9.17, 15) is 9.59 Å². The highest BCUT2D eigenvalue weighted by Crippen LogP contribution is 2.61. The van der Waals surface area contributed by atoms with Crippen LogP contribution in [0, 0.1) is 23.2 Å². The minimum Gasteiger partial charge on any atom is -0.486 e. The third-order valence-corrected chi connectivity index (χ3v) is 8.98. The fourth-order valence-electron chi connectivity index (χ4n) is 8.04. The van der Waals surface area contributed by atoms with E-state index < -0.39 is 0 Å². The van der Waals surface area contributed by atoms with E-state index in [1.165, 1.54) is 38.5 Å². The molecule has 2 aromatic carbocycles. The van der Waals surface area contributed by atoms with Gasteiger partial charge >= 0.3 is 0 Å². The molecular weight excluding hydrogens is 452 g/mol. The van der Waals surface area contributed by atoms with Crippen molar-refractivity contribution >= 4 is 22.4 Å². The van der Waals surface area contributed by atoms with Gasteiger partial charge in [0.05, 0.1) is 6.54 Å². The molecule has 8 rings (SSSR count). The number of ether oxygens (including phenoxy) is 2. The van der Waals surface area contributed by atoms with Crippen molar-refractivity contribution in [2.75, 3.05) is 18.5 Å². The van der Waals surface area contributed by atoms with Crippen molar-refractivity contribution in [3.8, 4) is 11.5 Å². The summed E-state index contributed by atoms with van der Waals surface area (Å²) >= 11 is 0. The number of nitrogens with one attached hydrogen (secondary N) is 1. The van der Waals surface area contributed by atoms with E-state index in [4.69, 9.17) is 9.47 Å². The Kier molecular flexibility index (Phi) is 5.12. The minimum absolute atomic E-state index is 0.0842. The molecule has 0 radical (unpaired) electrons. The zero-order chi connectivity index (χ0) is 24.3. The number of hydrogen-bond acceptors (Lipinski definition) is 4. The van der Waals surface area contributed by atoms with Gasteiger partial charge in [-0.05, 0) is 86.0 Å². The van der Waals surface area contributed by atoms with Crippen molar-refractivity contribution < 1.29 is 14.3 Å². The summed E-state index contributed by atoms with van der Waals surface area (Å²) in [6.45, 7) is 1.43. The third kappa shape index (κ3) is 3.78. The number of hydrogen-bond donors (Lipinski definition) is 1. The minimum atomic E-state index is -0.0842. The highest BCUT2D eigenvalue weighted by molar-refractivity contribution is 6.02. The lowest BCUT2D eigenvalue weighted by Crippen LogP contribution is -2.47. The van der Waals surface area contributed by atoms with E-state index in [-0.39, 0.29) is 16.9 Å². The van der Waals surface area contributed by atoms with Crippen LogP contribution in [0.1, 0.15) is 50.5 Å². The van der Waals surface area contributed by atoms with E-state index in [0.717, 1.165) is 40.1 Å². The van der Waals surface area contributed by atoms with Gasteiger partial charge < -0.3 is 19.4 Å². The number of fused-ring (bicyclic) bond motifs is 2. The maximum atomic E-state index is 13.4. The monoisotopic (exact) mass is 484 g/mol. The maximum absolute atomic E-state index is 13.4. The van der Waals surface area contributed by atoms with Gasteiger partial charge in [0.2, 0.25) is 5.91 Å². The van der Waals surface area contributed by atoms with Gasteiger partial charge in [-0.15, -0.1) is 0 Å². The second kappa shape index (κ2) is 8.39. The normalized spacial score (nSPS) is 27.8. The van der Waals surface area contributed by atoms with Crippen molar-refractivity contribution in [3.63, 3.8) is 0 Å². The second-order valence-electron chi connectivity index (χ2n) is 11.6. The van der Waals surface area contributed by atoms with Crippen molar-refractivity contribution in [2.24, 2.45) is 23.2 Å². The first-order valence-electron chi connectivity index (χ1n) is 13.3. The Bertz CT molecular complexity index is 1370. The van der Waals surface area contributed by atoms with Crippen LogP contribution in [-0.4, -0.2) is 23.7 Å². The molecule has 6 nitrogen and oxygen atoms in total. The molecule has 6 heteroatoms. The molecule has 0 atom stereocenters. The Balaban J connectivity index is 1.13. The number of amides is 1. The molecule has 0 unspecified atom stereocenters. The number of carbonyl (C=O) groups excluding carboxylic acids is 1. The average Bonchev–Trinajstić information content (AvgIpc) is 2.85. The number of para-hydroxylation sites is 1. The van der Waals surface area contributed by atoms with Crippen LogP contribution in [0.5, 0.6) is 11.5 Å². The standard InChI is InChI=1S/C30H32N2O4/c33-27(17-30-14-19-11-20(15-30)13-21(12-19)16-30)31-25-5-2-4-24-23(25)7-8-32(29(24)34)18-22-3-1-6-26-28(22)36-10-9-35-26/h1-8,19-21H,9-18H2,(H,31,33). The van der Waals surface area contributed by atoms with Crippen LogP contribution in [0.3, 0.4) is 0 Å². The number of aromatic nitrogens is 1. The van der Waals surface area contributed by atoms with Gasteiger partial charge in [-0.2, -0.15) is 0 Å². The SMILES string of the molecule is O=C(CC12CC3CC(CC(C3)C1)C2)Nc1cccc2c(=O)n(Cc3cccc4c3OCCO4)ccc12. The molecule has 5 aliphatic rings. The molecule has 1 aliphatic heterocycles. The fourth-order valence-corrected chi connectivity index (χ4v) is 8.04. The molecule has 3 aromatic rings. The molecule has 4 fully saturated rings. The molecule has 0 saturated heterocycles. The van der Waals surface area contributed by atoms with E-state index in [2.05, 4.69) is 5.32 Å². The summed E-state index contributed by atoms with van der Waals surface area (Å²) in [5.74, 6) is 3.99. The predicted octanol–water partition coefficient (Wildman–Crippen LogP) is 5.37. The number of carbonyl (C=O) groups is 1. The molecule has 36 heavy (non-hydrogen) atoms. The van der Waals surface area contributed by atoms with Crippen LogP contribution in [0.15, 0.2) is 53.5 Å². The Morgan fingerprint density at radius 1 is 0.917 bits per heavy atom.